The Bertz CT molecular complexity index is 2030. The third-order valence-corrected chi connectivity index (χ3v) is 7.42. The Balaban J connectivity index is 0.000000150. The average Bonchev–Trinajstić information content (AvgIpc) is 3.06. The van der Waals surface area contributed by atoms with Crippen LogP contribution in [0.1, 0.15) is 17.0 Å². The van der Waals surface area contributed by atoms with Gasteiger partial charge in [-0.1, -0.05) is 115 Å². The molecule has 1 aliphatic carbocycles. The topological polar surface area (TPSA) is 78.7 Å². The van der Waals surface area contributed by atoms with Crippen molar-refractivity contribution in [3.8, 4) is 0 Å². The van der Waals surface area contributed by atoms with Crippen molar-refractivity contribution >= 4 is 45.1 Å². The van der Waals surface area contributed by atoms with Gasteiger partial charge in [-0.05, 0) is 62.4 Å². The monoisotopic (exact) mass is 737 g/mol. The van der Waals surface area contributed by atoms with E-state index < -0.39 is 0 Å². The van der Waals surface area contributed by atoms with E-state index in [1.54, 1.807) is 18.6 Å². The number of hydrogen-bond donors (Lipinski definition) is 0. The summed E-state index contributed by atoms with van der Waals surface area (Å²) < 4.78 is 0. The van der Waals surface area contributed by atoms with E-state index in [9.17, 15) is 0 Å². The summed E-state index contributed by atoms with van der Waals surface area (Å²) in [5.41, 5.74) is 3.32. The Hall–Kier alpha value is -4.93. The summed E-state index contributed by atoms with van der Waals surface area (Å²) in [6, 6.07) is 34.5. The molecular formula is C36H26N6Pt. The number of hydrogen-bond acceptors (Lipinski definition) is 4. The number of aliphatic imine (C=N–C) groups is 1. The SMILES string of the molecule is C1=CC2c3ccccc3C=CC2C(=Nc2ccccn2)[N-]1.[Pt+2].c1ccc(N=c2[n-]ccc3c2ccc2ccccc23)nc1. The molecule has 0 saturated heterocycles. The molecule has 2 aliphatic rings. The fourth-order valence-corrected chi connectivity index (χ4v) is 5.44. The maximum Gasteiger partial charge on any atom is 2.00 e. The molecule has 1 aliphatic heterocycles. The van der Waals surface area contributed by atoms with Crippen LogP contribution in [0.4, 0.5) is 11.6 Å². The molecule has 3 aromatic carbocycles. The van der Waals surface area contributed by atoms with Crippen LogP contribution < -0.4 is 10.5 Å². The van der Waals surface area contributed by atoms with Crippen molar-refractivity contribution in [1.29, 1.82) is 0 Å². The standard InChI is InChI=1S/C18H14N3.C18H12N3.Pt/c2*1-2-6-14-13(5-1)8-9-16-15(14)10-12-20-18(16)21-17-7-3-4-11-19-17;/h1-12,15-16H;1-12H;/q2*-1;+2. The molecule has 43 heavy (non-hydrogen) atoms. The molecule has 0 radical (unpaired) electrons. The molecule has 0 saturated carbocycles. The first-order valence-corrected chi connectivity index (χ1v) is 13.9. The summed E-state index contributed by atoms with van der Waals surface area (Å²) in [4.78, 5) is 22.1. The minimum Gasteiger partial charge on any atom is -0.446 e. The van der Waals surface area contributed by atoms with E-state index in [1.165, 1.54) is 21.9 Å². The number of pyridine rings is 3. The van der Waals surface area contributed by atoms with E-state index in [0.29, 0.717) is 23.0 Å². The van der Waals surface area contributed by atoms with Crippen LogP contribution in [-0.4, -0.2) is 15.8 Å². The molecule has 2 atom stereocenters. The zero-order chi connectivity index (χ0) is 28.1. The summed E-state index contributed by atoms with van der Waals surface area (Å²) in [5.74, 6) is 2.70. The van der Waals surface area contributed by atoms with Crippen LogP contribution in [0.15, 0.2) is 150 Å². The third-order valence-electron chi connectivity index (χ3n) is 7.42. The van der Waals surface area contributed by atoms with E-state index in [0.717, 1.165) is 16.6 Å². The second-order valence-corrected chi connectivity index (χ2v) is 9.98. The molecule has 2 unspecified atom stereocenters. The molecule has 210 valence electrons. The smallest absolute Gasteiger partial charge is 0.446 e. The normalized spacial score (nSPS) is 17.8. The Kier molecular flexibility index (Phi) is 8.48. The maximum atomic E-state index is 4.61. The van der Waals surface area contributed by atoms with Crippen LogP contribution in [0, 0.1) is 5.92 Å². The summed E-state index contributed by atoms with van der Waals surface area (Å²) in [7, 11) is 0. The molecule has 4 heterocycles. The first kappa shape index (κ1) is 28.2. The van der Waals surface area contributed by atoms with Crippen LogP contribution in [0.5, 0.6) is 0 Å². The van der Waals surface area contributed by atoms with E-state index >= 15 is 0 Å². The predicted molar refractivity (Wildman–Crippen MR) is 170 cm³/mol. The molecule has 3 aromatic heterocycles. The minimum atomic E-state index is 0. The molecule has 0 fully saturated rings. The quantitative estimate of drug-likeness (QED) is 0.169. The summed E-state index contributed by atoms with van der Waals surface area (Å²) in [6.07, 6.45) is 13.7. The second-order valence-electron chi connectivity index (χ2n) is 9.98. The van der Waals surface area contributed by atoms with Crippen LogP contribution in [0.3, 0.4) is 0 Å². The molecule has 0 spiro atoms. The zero-order valence-electron chi connectivity index (χ0n) is 23.0. The van der Waals surface area contributed by atoms with Crippen LogP contribution in [0.25, 0.3) is 32.9 Å². The molecule has 0 N–H and O–H groups in total. The largest absolute Gasteiger partial charge is 2.00 e. The average molecular weight is 738 g/mol. The maximum absolute atomic E-state index is 4.61. The number of fused-ring (bicyclic) bond motifs is 6. The number of amidine groups is 1. The predicted octanol–water partition coefficient (Wildman–Crippen LogP) is 8.01. The van der Waals surface area contributed by atoms with Crippen molar-refractivity contribution in [3.05, 3.63) is 162 Å². The van der Waals surface area contributed by atoms with Crippen molar-refractivity contribution in [2.24, 2.45) is 15.9 Å². The van der Waals surface area contributed by atoms with Crippen molar-refractivity contribution < 1.29 is 21.1 Å². The Morgan fingerprint density at radius 2 is 1.35 bits per heavy atom. The fraction of sp³-hybridized carbons (Fsp3) is 0.0556. The molecular weight excluding hydrogens is 712 g/mol. The number of rotatable bonds is 2. The molecule has 6 nitrogen and oxygen atoms in total. The van der Waals surface area contributed by atoms with Gasteiger partial charge >= 0.3 is 21.1 Å². The summed E-state index contributed by atoms with van der Waals surface area (Å²) >= 11 is 0. The van der Waals surface area contributed by atoms with E-state index in [-0.39, 0.29) is 27.0 Å². The van der Waals surface area contributed by atoms with Gasteiger partial charge in [-0.3, -0.25) is 9.97 Å². The van der Waals surface area contributed by atoms with Gasteiger partial charge in [0.15, 0.2) is 0 Å². The van der Waals surface area contributed by atoms with Gasteiger partial charge in [-0.25, -0.2) is 0 Å². The number of nitrogens with zero attached hydrogens (tertiary/aromatic N) is 6. The Morgan fingerprint density at radius 3 is 2.16 bits per heavy atom. The minimum absolute atomic E-state index is 0. The Morgan fingerprint density at radius 1 is 0.605 bits per heavy atom. The van der Waals surface area contributed by atoms with Crippen molar-refractivity contribution in [1.82, 2.24) is 15.0 Å². The molecule has 7 heteroatoms. The first-order chi connectivity index (χ1) is 20.8. The molecule has 0 bridgehead atoms. The van der Waals surface area contributed by atoms with Gasteiger partial charge in [0.1, 0.15) is 0 Å². The molecule has 6 aromatic rings. The van der Waals surface area contributed by atoms with Gasteiger partial charge < -0.3 is 20.3 Å². The van der Waals surface area contributed by atoms with Crippen LogP contribution in [0.2, 0.25) is 0 Å². The van der Waals surface area contributed by atoms with E-state index in [4.69, 9.17) is 0 Å². The van der Waals surface area contributed by atoms with E-state index in [2.05, 4.69) is 109 Å². The molecule has 8 rings (SSSR count). The van der Waals surface area contributed by atoms with Crippen molar-refractivity contribution in [2.45, 2.75) is 5.92 Å². The Labute approximate surface area is 264 Å². The van der Waals surface area contributed by atoms with Gasteiger partial charge in [0.05, 0.1) is 11.6 Å². The van der Waals surface area contributed by atoms with E-state index in [1.807, 2.05) is 48.7 Å². The third kappa shape index (κ3) is 6.01. The van der Waals surface area contributed by atoms with Crippen LogP contribution in [-0.2, 0) is 21.1 Å². The van der Waals surface area contributed by atoms with Gasteiger partial charge in [-0.2, -0.15) is 0 Å². The van der Waals surface area contributed by atoms with Crippen LogP contribution >= 0.6 is 0 Å². The van der Waals surface area contributed by atoms with Gasteiger partial charge in [0.2, 0.25) is 0 Å². The number of allylic oxidation sites excluding steroid dienone is 1. The summed E-state index contributed by atoms with van der Waals surface area (Å²) in [5, 5.41) is 9.11. The van der Waals surface area contributed by atoms with Gasteiger partial charge in [0.25, 0.3) is 0 Å². The zero-order valence-corrected chi connectivity index (χ0v) is 25.3. The second kappa shape index (κ2) is 12.9. The van der Waals surface area contributed by atoms with Crippen molar-refractivity contribution in [2.75, 3.05) is 0 Å². The first-order valence-electron chi connectivity index (χ1n) is 13.9. The molecule has 0 amide bonds. The van der Waals surface area contributed by atoms with Crippen molar-refractivity contribution in [3.63, 3.8) is 0 Å². The number of benzene rings is 3. The number of aromatic nitrogens is 3. The fourth-order valence-electron chi connectivity index (χ4n) is 5.44. The van der Waals surface area contributed by atoms with Gasteiger partial charge in [0, 0.05) is 24.2 Å². The summed E-state index contributed by atoms with van der Waals surface area (Å²) in [6.45, 7) is 0. The van der Waals surface area contributed by atoms with Gasteiger partial charge in [-0.15, -0.1) is 0 Å².